The number of pyridine rings is 1. The van der Waals surface area contributed by atoms with E-state index in [4.69, 9.17) is 0 Å². The van der Waals surface area contributed by atoms with Crippen LogP contribution in [-0.4, -0.2) is 17.1 Å². The average Bonchev–Trinajstić information content (AvgIpc) is 2.88. The van der Waals surface area contributed by atoms with Crippen molar-refractivity contribution in [3.05, 3.63) is 52.0 Å². The van der Waals surface area contributed by atoms with Crippen LogP contribution in [0.3, 0.4) is 0 Å². The summed E-state index contributed by atoms with van der Waals surface area (Å²) in [4.78, 5) is 21.3. The van der Waals surface area contributed by atoms with Crippen molar-refractivity contribution in [3.8, 4) is 0 Å². The van der Waals surface area contributed by atoms with Crippen LogP contribution in [0.25, 0.3) is 10.2 Å². The lowest BCUT2D eigenvalue weighted by molar-refractivity contribution is 0.0981. The van der Waals surface area contributed by atoms with Crippen LogP contribution in [0.15, 0.2) is 30.3 Å². The number of aromatic nitrogens is 1. The number of rotatable bonds is 1. The standard InChI is InChI=1S/C19H19N3OS/c1-10-5-7-14(8-6-10)22-13(4)21-16-15-11(2)9-12(3)20-18(15)24-17(16)19(22)23/h5-9,13,21H,1-4H3/t13-/m1/s1. The summed E-state index contributed by atoms with van der Waals surface area (Å²) in [5, 5.41) is 4.59. The van der Waals surface area contributed by atoms with E-state index in [-0.39, 0.29) is 12.1 Å². The zero-order chi connectivity index (χ0) is 17.0. The third-order valence-electron chi connectivity index (χ3n) is 4.45. The van der Waals surface area contributed by atoms with Gasteiger partial charge in [0, 0.05) is 16.8 Å². The molecule has 1 aliphatic rings. The smallest absolute Gasteiger partial charge is 0.272 e. The molecule has 0 aliphatic carbocycles. The number of nitrogens with one attached hydrogen (secondary N) is 1. The van der Waals surface area contributed by atoms with E-state index in [1.807, 2.05) is 49.9 Å². The molecule has 0 bridgehead atoms. The number of hydrogen-bond donors (Lipinski definition) is 1. The molecule has 4 rings (SSSR count). The van der Waals surface area contributed by atoms with E-state index in [0.29, 0.717) is 0 Å². The first-order chi connectivity index (χ1) is 11.5. The summed E-state index contributed by atoms with van der Waals surface area (Å²) in [6.45, 7) is 8.13. The highest BCUT2D eigenvalue weighted by Gasteiger charge is 2.34. The summed E-state index contributed by atoms with van der Waals surface area (Å²) >= 11 is 1.47. The lowest BCUT2D eigenvalue weighted by Crippen LogP contribution is -2.46. The van der Waals surface area contributed by atoms with Crippen LogP contribution in [0, 0.1) is 20.8 Å². The zero-order valence-corrected chi connectivity index (χ0v) is 15.0. The molecule has 0 saturated carbocycles. The first-order valence-electron chi connectivity index (χ1n) is 8.03. The van der Waals surface area contributed by atoms with E-state index in [1.165, 1.54) is 16.9 Å². The predicted molar refractivity (Wildman–Crippen MR) is 100 cm³/mol. The number of nitrogens with zero attached hydrogens (tertiary/aromatic N) is 2. The minimum absolute atomic E-state index is 0.0418. The van der Waals surface area contributed by atoms with Crippen LogP contribution < -0.4 is 10.2 Å². The Morgan fingerprint density at radius 2 is 1.88 bits per heavy atom. The molecule has 1 aromatic carbocycles. The van der Waals surface area contributed by atoms with Crippen molar-refractivity contribution in [2.24, 2.45) is 0 Å². The molecule has 3 heterocycles. The van der Waals surface area contributed by atoms with E-state index in [9.17, 15) is 4.79 Å². The molecule has 1 atom stereocenters. The minimum atomic E-state index is -0.105. The lowest BCUT2D eigenvalue weighted by atomic mass is 10.1. The molecular formula is C19H19N3OS. The van der Waals surface area contributed by atoms with Crippen LogP contribution >= 0.6 is 11.3 Å². The molecule has 0 saturated heterocycles. The van der Waals surface area contributed by atoms with Gasteiger partial charge in [-0.2, -0.15) is 0 Å². The molecule has 122 valence electrons. The van der Waals surface area contributed by atoms with Crippen LogP contribution in [0.4, 0.5) is 11.4 Å². The Bertz CT molecular complexity index is 959. The van der Waals surface area contributed by atoms with Gasteiger partial charge in [0.15, 0.2) is 0 Å². The van der Waals surface area contributed by atoms with E-state index >= 15 is 0 Å². The van der Waals surface area contributed by atoms with E-state index in [1.54, 1.807) is 0 Å². The maximum atomic E-state index is 13.1. The quantitative estimate of drug-likeness (QED) is 0.703. The van der Waals surface area contributed by atoms with Gasteiger partial charge in [-0.05, 0) is 51.5 Å². The normalized spacial score (nSPS) is 17.1. The molecule has 24 heavy (non-hydrogen) atoms. The number of carbonyl (C=O) groups excluding carboxylic acids is 1. The lowest BCUT2D eigenvalue weighted by Gasteiger charge is -2.34. The summed E-state index contributed by atoms with van der Waals surface area (Å²) in [5.41, 5.74) is 5.16. The van der Waals surface area contributed by atoms with Gasteiger partial charge in [0.2, 0.25) is 0 Å². The Morgan fingerprint density at radius 3 is 2.58 bits per heavy atom. The van der Waals surface area contributed by atoms with Gasteiger partial charge >= 0.3 is 0 Å². The summed E-state index contributed by atoms with van der Waals surface area (Å²) in [6.07, 6.45) is -0.105. The number of fused-ring (bicyclic) bond motifs is 3. The van der Waals surface area contributed by atoms with Crippen molar-refractivity contribution in [2.45, 2.75) is 33.9 Å². The molecule has 1 amide bonds. The maximum Gasteiger partial charge on any atom is 0.272 e. The van der Waals surface area contributed by atoms with Gasteiger partial charge in [0.1, 0.15) is 15.9 Å². The van der Waals surface area contributed by atoms with Crippen LogP contribution in [-0.2, 0) is 0 Å². The first kappa shape index (κ1) is 15.1. The Morgan fingerprint density at radius 1 is 1.17 bits per heavy atom. The summed E-state index contributed by atoms with van der Waals surface area (Å²) in [6, 6.07) is 10.1. The minimum Gasteiger partial charge on any atom is -0.363 e. The summed E-state index contributed by atoms with van der Waals surface area (Å²) < 4.78 is 0. The highest BCUT2D eigenvalue weighted by molar-refractivity contribution is 7.21. The maximum absolute atomic E-state index is 13.1. The van der Waals surface area contributed by atoms with Crippen molar-refractivity contribution in [1.82, 2.24) is 4.98 Å². The molecule has 1 aliphatic heterocycles. The van der Waals surface area contributed by atoms with E-state index in [2.05, 4.69) is 23.3 Å². The van der Waals surface area contributed by atoms with Gasteiger partial charge in [0.25, 0.3) is 5.91 Å². The number of carbonyl (C=O) groups is 1. The predicted octanol–water partition coefficient (Wildman–Crippen LogP) is 4.64. The first-order valence-corrected chi connectivity index (χ1v) is 8.85. The molecule has 2 aromatic heterocycles. The molecular weight excluding hydrogens is 318 g/mol. The number of benzene rings is 1. The molecule has 3 aromatic rings. The fourth-order valence-electron chi connectivity index (χ4n) is 3.33. The van der Waals surface area contributed by atoms with Crippen LogP contribution in [0.1, 0.15) is 33.4 Å². The molecule has 0 fully saturated rings. The Labute approximate surface area is 145 Å². The van der Waals surface area contributed by atoms with Crippen molar-refractivity contribution in [1.29, 1.82) is 0 Å². The highest BCUT2D eigenvalue weighted by Crippen LogP contribution is 2.41. The van der Waals surface area contributed by atoms with E-state index in [0.717, 1.165) is 37.7 Å². The van der Waals surface area contributed by atoms with Crippen molar-refractivity contribution in [2.75, 3.05) is 10.2 Å². The largest absolute Gasteiger partial charge is 0.363 e. The van der Waals surface area contributed by atoms with E-state index < -0.39 is 0 Å². The van der Waals surface area contributed by atoms with Crippen LogP contribution in [0.2, 0.25) is 0 Å². The van der Waals surface area contributed by atoms with Gasteiger partial charge in [-0.25, -0.2) is 4.98 Å². The van der Waals surface area contributed by atoms with Crippen molar-refractivity contribution in [3.63, 3.8) is 0 Å². The Balaban J connectivity index is 1.87. The zero-order valence-electron chi connectivity index (χ0n) is 14.2. The fourth-order valence-corrected chi connectivity index (χ4v) is 4.53. The fraction of sp³-hybridized carbons (Fsp3) is 0.263. The van der Waals surface area contributed by atoms with Gasteiger partial charge in [-0.15, -0.1) is 11.3 Å². The monoisotopic (exact) mass is 337 g/mol. The molecule has 0 unspecified atom stereocenters. The number of thiophene rings is 1. The van der Waals surface area contributed by atoms with Crippen molar-refractivity contribution < 1.29 is 4.79 Å². The second-order valence-electron chi connectivity index (χ2n) is 6.40. The highest BCUT2D eigenvalue weighted by atomic mass is 32.1. The van der Waals surface area contributed by atoms with Gasteiger partial charge in [-0.3, -0.25) is 9.69 Å². The number of anilines is 2. The summed E-state index contributed by atoms with van der Waals surface area (Å²) in [7, 11) is 0. The van der Waals surface area contributed by atoms with Gasteiger partial charge < -0.3 is 5.32 Å². The molecule has 0 spiro atoms. The SMILES string of the molecule is Cc1ccc(N2C(=O)c3sc4nc(C)cc(C)c4c3N[C@H]2C)cc1. The summed E-state index contributed by atoms with van der Waals surface area (Å²) in [5.74, 6) is 0.0418. The average molecular weight is 337 g/mol. The van der Waals surface area contributed by atoms with Gasteiger partial charge in [0.05, 0.1) is 5.69 Å². The molecule has 4 nitrogen and oxygen atoms in total. The Kier molecular flexibility index (Phi) is 3.35. The second-order valence-corrected chi connectivity index (χ2v) is 7.40. The second kappa shape index (κ2) is 5.31. The van der Waals surface area contributed by atoms with Gasteiger partial charge in [-0.1, -0.05) is 17.7 Å². The van der Waals surface area contributed by atoms with Crippen molar-refractivity contribution >= 4 is 38.8 Å². The third kappa shape index (κ3) is 2.19. The molecule has 1 N–H and O–H groups in total. The third-order valence-corrected chi connectivity index (χ3v) is 5.52. The molecule has 0 radical (unpaired) electrons. The Hall–Kier alpha value is -2.40. The number of amides is 1. The number of hydrogen-bond acceptors (Lipinski definition) is 4. The number of aryl methyl sites for hydroxylation is 3. The van der Waals surface area contributed by atoms with Crippen LogP contribution in [0.5, 0.6) is 0 Å². The topological polar surface area (TPSA) is 45.2 Å². The molecule has 5 heteroatoms.